The first-order valence-electron chi connectivity index (χ1n) is 6.55. The molecule has 2 unspecified atom stereocenters. The first-order valence-corrected chi connectivity index (χ1v) is 7.95. The van der Waals surface area contributed by atoms with Gasteiger partial charge in [0.15, 0.2) is 0 Å². The topological polar surface area (TPSA) is 74.6 Å². The van der Waals surface area contributed by atoms with Crippen LogP contribution >= 0.6 is 0 Å². The second kappa shape index (κ2) is 16.6. The Labute approximate surface area is 137 Å². The summed E-state index contributed by atoms with van der Waals surface area (Å²) in [6, 6.07) is 0. The van der Waals surface area contributed by atoms with Crippen LogP contribution in [-0.2, 0) is 10.4 Å². The summed E-state index contributed by atoms with van der Waals surface area (Å²) in [7, 11) is -4.67. The van der Waals surface area contributed by atoms with E-state index in [4.69, 9.17) is 17.5 Å². The minimum Gasteiger partial charge on any atom is -0.307 e. The molecule has 21 heavy (non-hydrogen) atoms. The molecule has 9 heteroatoms. The normalized spacial score (nSPS) is 13.6. The van der Waals surface area contributed by atoms with Crippen molar-refractivity contribution in [3.05, 3.63) is 6.92 Å². The van der Waals surface area contributed by atoms with E-state index in [2.05, 4.69) is 6.92 Å². The second-order valence-corrected chi connectivity index (χ2v) is 5.33. The summed E-state index contributed by atoms with van der Waals surface area (Å²) in [5, 5.41) is 0. The third-order valence-corrected chi connectivity index (χ3v) is 2.51. The van der Waals surface area contributed by atoms with Crippen LogP contribution in [-0.4, -0.2) is 36.5 Å². The molecular weight excluding hydrogens is 304 g/mol. The average molecular weight is 328 g/mol. The van der Waals surface area contributed by atoms with Gasteiger partial charge in [-0.3, -0.25) is 17.9 Å². The maximum Gasteiger partial charge on any atom is 1.00 e. The van der Waals surface area contributed by atoms with Crippen molar-refractivity contribution >= 4 is 10.4 Å². The van der Waals surface area contributed by atoms with E-state index < -0.39 is 22.7 Å². The van der Waals surface area contributed by atoms with Crippen LogP contribution in [0.3, 0.4) is 0 Å². The number of unbranched alkanes of at least 4 members (excludes halogenated alkanes) is 6. The molecule has 0 radical (unpaired) electrons. The number of hydrogen-bond acceptors (Lipinski definition) is 2. The van der Waals surface area contributed by atoms with E-state index >= 15 is 0 Å². The van der Waals surface area contributed by atoms with Crippen molar-refractivity contribution in [1.82, 2.24) is 0 Å². The average Bonchev–Trinajstić information content (AvgIpc) is 2.30. The van der Waals surface area contributed by atoms with Gasteiger partial charge in [0.1, 0.15) is 6.17 Å². The largest absolute Gasteiger partial charge is 1.00 e. The maximum absolute atomic E-state index is 12.7. The summed E-state index contributed by atoms with van der Waals surface area (Å²) in [6.45, 7) is 2.78. The summed E-state index contributed by atoms with van der Waals surface area (Å²) in [4.78, 5) is 0. The Kier molecular flexibility index (Phi) is 20.7. The quantitative estimate of drug-likeness (QED) is 0.271. The van der Waals surface area contributed by atoms with Gasteiger partial charge in [-0.1, -0.05) is 38.5 Å². The maximum atomic E-state index is 12.7. The van der Waals surface area contributed by atoms with Gasteiger partial charge in [0.25, 0.3) is 0 Å². The SMILES string of the molecule is O=S(=O)(O)O.[CH2-]C(F)C(F)CCCCCCCCCF.[Li+]. The van der Waals surface area contributed by atoms with Crippen molar-refractivity contribution in [2.24, 2.45) is 0 Å². The summed E-state index contributed by atoms with van der Waals surface area (Å²) in [6.07, 6.45) is 3.67. The molecule has 2 atom stereocenters. The Balaban J connectivity index is -0.000000465. The minimum atomic E-state index is -4.67. The summed E-state index contributed by atoms with van der Waals surface area (Å²) in [5.74, 6) is 0. The first-order chi connectivity index (χ1) is 9.18. The molecule has 124 valence electrons. The standard InChI is InChI=1S/C12H22F3.Li.H2O4S/c1-11(14)12(15)9-7-5-3-2-4-6-8-10-13;;1-5(2,3)4/h11-12H,1-10H2;;(H2,1,2,3,4)/q-1;+1;. The zero-order chi connectivity index (χ0) is 16.0. The predicted molar refractivity (Wildman–Crippen MR) is 72.2 cm³/mol. The molecule has 0 rings (SSSR count). The van der Waals surface area contributed by atoms with Crippen molar-refractivity contribution in [3.63, 3.8) is 0 Å². The molecular formula is C12H24F3LiO4S. The molecule has 2 N–H and O–H groups in total. The molecule has 0 saturated carbocycles. The summed E-state index contributed by atoms with van der Waals surface area (Å²) >= 11 is 0. The Hall–Kier alpha value is 0.257. The van der Waals surface area contributed by atoms with Crippen LogP contribution < -0.4 is 18.9 Å². The van der Waals surface area contributed by atoms with Crippen molar-refractivity contribution < 1.29 is 49.6 Å². The molecule has 0 aromatic carbocycles. The Morgan fingerprint density at radius 3 is 1.57 bits per heavy atom. The van der Waals surface area contributed by atoms with Gasteiger partial charge in [-0.05, 0) is 12.8 Å². The van der Waals surface area contributed by atoms with Gasteiger partial charge in [0, 0.05) is 6.17 Å². The monoisotopic (exact) mass is 328 g/mol. The Morgan fingerprint density at radius 2 is 1.24 bits per heavy atom. The van der Waals surface area contributed by atoms with Crippen LogP contribution in [0.5, 0.6) is 0 Å². The Morgan fingerprint density at radius 1 is 0.905 bits per heavy atom. The fourth-order valence-electron chi connectivity index (χ4n) is 1.50. The molecule has 0 saturated heterocycles. The van der Waals surface area contributed by atoms with Crippen molar-refractivity contribution in [2.75, 3.05) is 6.67 Å². The molecule has 0 aliphatic carbocycles. The van der Waals surface area contributed by atoms with Crippen molar-refractivity contribution in [3.8, 4) is 0 Å². The molecule has 0 heterocycles. The van der Waals surface area contributed by atoms with E-state index in [1.54, 1.807) is 0 Å². The van der Waals surface area contributed by atoms with Gasteiger partial charge in [-0.25, -0.2) is 4.39 Å². The number of alkyl halides is 3. The third kappa shape index (κ3) is 33.2. The van der Waals surface area contributed by atoms with Crippen molar-refractivity contribution in [1.29, 1.82) is 0 Å². The van der Waals surface area contributed by atoms with Gasteiger partial charge in [-0.15, -0.1) is 0 Å². The van der Waals surface area contributed by atoms with Gasteiger partial charge in [0.2, 0.25) is 0 Å². The number of hydrogen-bond donors (Lipinski definition) is 2. The summed E-state index contributed by atoms with van der Waals surface area (Å²) in [5.41, 5.74) is 0. The molecule has 0 aromatic heterocycles. The molecule has 0 bridgehead atoms. The second-order valence-electron chi connectivity index (χ2n) is 4.43. The van der Waals surface area contributed by atoms with Crippen molar-refractivity contribution in [2.45, 2.75) is 63.7 Å². The molecule has 4 nitrogen and oxygen atoms in total. The zero-order valence-corrected chi connectivity index (χ0v) is 13.3. The van der Waals surface area contributed by atoms with E-state index in [9.17, 15) is 13.2 Å². The van der Waals surface area contributed by atoms with E-state index in [0.717, 1.165) is 38.5 Å². The molecule has 0 aliphatic rings. The first kappa shape index (κ1) is 26.2. The minimum absolute atomic E-state index is 0. The van der Waals surface area contributed by atoms with Gasteiger partial charge >= 0.3 is 29.3 Å². The van der Waals surface area contributed by atoms with Crippen LogP contribution in [0.25, 0.3) is 0 Å². The fourth-order valence-corrected chi connectivity index (χ4v) is 1.50. The number of rotatable bonds is 10. The fraction of sp³-hybridized carbons (Fsp3) is 0.917. The third-order valence-electron chi connectivity index (χ3n) is 2.51. The predicted octanol–water partition coefficient (Wildman–Crippen LogP) is 0.938. The summed E-state index contributed by atoms with van der Waals surface area (Å²) < 4.78 is 68.3. The van der Waals surface area contributed by atoms with Gasteiger partial charge in [-0.2, -0.15) is 8.42 Å². The Bertz CT molecular complexity index is 295. The molecule has 0 spiro atoms. The van der Waals surface area contributed by atoms with E-state index in [0.29, 0.717) is 6.42 Å². The van der Waals surface area contributed by atoms with Crippen LogP contribution in [0, 0.1) is 6.92 Å². The van der Waals surface area contributed by atoms with Gasteiger partial charge in [0.05, 0.1) is 6.67 Å². The van der Waals surface area contributed by atoms with Crippen LogP contribution in [0.4, 0.5) is 13.2 Å². The molecule has 0 fully saturated rings. The number of halogens is 3. The molecule has 0 aromatic rings. The molecule has 0 amide bonds. The molecule has 0 aliphatic heterocycles. The smallest absolute Gasteiger partial charge is 0.307 e. The van der Waals surface area contributed by atoms with Crippen LogP contribution in [0.2, 0.25) is 0 Å². The van der Waals surface area contributed by atoms with E-state index in [-0.39, 0.29) is 32.0 Å². The van der Waals surface area contributed by atoms with Gasteiger partial charge < -0.3 is 6.92 Å². The zero-order valence-electron chi connectivity index (χ0n) is 12.5. The van der Waals surface area contributed by atoms with E-state index in [1.165, 1.54) is 0 Å². The van der Waals surface area contributed by atoms with Crippen LogP contribution in [0.15, 0.2) is 0 Å². The van der Waals surface area contributed by atoms with Crippen LogP contribution in [0.1, 0.15) is 51.4 Å². The van der Waals surface area contributed by atoms with E-state index in [1.807, 2.05) is 0 Å².